The van der Waals surface area contributed by atoms with Crippen molar-refractivity contribution in [2.45, 2.75) is 131 Å². The Morgan fingerprint density at radius 2 is 0.833 bits per heavy atom. The molecule has 270 valence electrons. The maximum Gasteiger partial charge on any atom is 0.158 e. The number of carbonyl (C=O) groups excluding carboxylic acids is 2. The van der Waals surface area contributed by atoms with E-state index in [0.717, 1.165) is 74.4 Å². The van der Waals surface area contributed by atoms with Gasteiger partial charge in [0.2, 0.25) is 0 Å². The highest BCUT2D eigenvalue weighted by Gasteiger charge is 2.13. The van der Waals surface area contributed by atoms with E-state index in [2.05, 4.69) is 61.8 Å². The fraction of sp³-hybridized carbons (Fsp3) is 0.667. The molecule has 0 saturated carbocycles. The minimum Gasteiger partial charge on any atom is -0.369 e. The first-order valence-electron chi connectivity index (χ1n) is 19.3. The third kappa shape index (κ3) is 18.4. The van der Waals surface area contributed by atoms with E-state index < -0.39 is 0 Å². The highest BCUT2D eigenvalue weighted by atomic mass is 16.5. The van der Waals surface area contributed by atoms with Crippen LogP contribution in [0.2, 0.25) is 0 Å². The van der Waals surface area contributed by atoms with Crippen LogP contribution in [0.5, 0.6) is 0 Å². The maximum atomic E-state index is 12.7. The summed E-state index contributed by atoms with van der Waals surface area (Å²) >= 11 is 0. The summed E-state index contributed by atoms with van der Waals surface area (Å²) < 4.78 is 11.9. The number of carbonyl (C=O) groups is 2. The molecule has 0 aliphatic carbocycles. The van der Waals surface area contributed by atoms with Crippen LogP contribution in [-0.2, 0) is 32.3 Å². The highest BCUT2D eigenvalue weighted by molar-refractivity contribution is 5.80. The highest BCUT2D eigenvalue weighted by Crippen LogP contribution is 2.28. The smallest absolute Gasteiger partial charge is 0.158 e. The Kier molecular flexibility index (Phi) is 23.9. The van der Waals surface area contributed by atoms with Crippen molar-refractivity contribution in [1.82, 2.24) is 9.80 Å². The second-order valence-corrected chi connectivity index (χ2v) is 13.4. The number of hydrogen-bond acceptors (Lipinski definition) is 6. The summed E-state index contributed by atoms with van der Waals surface area (Å²) in [6, 6.07) is 16.4. The van der Waals surface area contributed by atoms with Gasteiger partial charge in [-0.15, -0.1) is 0 Å². The number of Topliss-reactive ketones (excluding diaryl/α,β-unsaturated/α-hetero) is 2. The average Bonchev–Trinajstić information content (AvgIpc) is 3.09. The second kappa shape index (κ2) is 27.4. The second-order valence-electron chi connectivity index (χ2n) is 13.4. The standard InChI is InChI=1S/C42H68N2O4/c1-5-9-17-29-43(27-11-7-3)31-19-23-39(45)35-47-33-37-21-13-15-25-41(37)42-26-16-14-22-38(42)34-48-36-40(46)24-20-32-44(28-12-8-4)30-18-10-6-2/h13-16,21-22,25-26H,5-12,17-20,23-24,27-36H2,1-4H3. The van der Waals surface area contributed by atoms with Crippen LogP contribution in [0.3, 0.4) is 0 Å². The van der Waals surface area contributed by atoms with Gasteiger partial charge in [-0.2, -0.15) is 0 Å². The molecule has 48 heavy (non-hydrogen) atoms. The van der Waals surface area contributed by atoms with Crippen LogP contribution in [0, 0.1) is 0 Å². The summed E-state index contributed by atoms with van der Waals surface area (Å²) in [5.74, 6) is 0.334. The van der Waals surface area contributed by atoms with Gasteiger partial charge >= 0.3 is 0 Å². The van der Waals surface area contributed by atoms with E-state index in [1.54, 1.807) is 0 Å². The molecular weight excluding hydrogens is 596 g/mol. The molecule has 0 fully saturated rings. The number of ether oxygens (including phenoxy) is 2. The molecule has 0 N–H and O–H groups in total. The molecule has 0 saturated heterocycles. The van der Waals surface area contributed by atoms with Crippen molar-refractivity contribution < 1.29 is 19.1 Å². The first-order valence-corrected chi connectivity index (χ1v) is 19.3. The predicted molar refractivity (Wildman–Crippen MR) is 201 cm³/mol. The zero-order valence-corrected chi connectivity index (χ0v) is 31.1. The van der Waals surface area contributed by atoms with Crippen LogP contribution in [-0.4, -0.2) is 73.8 Å². The van der Waals surface area contributed by atoms with Gasteiger partial charge in [0.15, 0.2) is 11.6 Å². The van der Waals surface area contributed by atoms with E-state index in [1.807, 2.05) is 24.3 Å². The Morgan fingerprint density at radius 3 is 1.23 bits per heavy atom. The number of hydrogen-bond donors (Lipinski definition) is 0. The Labute approximate surface area is 294 Å². The SMILES string of the molecule is CCCCCN(CCCC)CCCC(=O)COCc1ccccc1-c1ccccc1COCC(=O)CCCN(CCCC)CCCCC. The average molecular weight is 665 g/mol. The van der Waals surface area contributed by atoms with Crippen molar-refractivity contribution in [2.24, 2.45) is 0 Å². The van der Waals surface area contributed by atoms with Crippen LogP contribution in [0.25, 0.3) is 11.1 Å². The molecule has 0 atom stereocenters. The lowest BCUT2D eigenvalue weighted by molar-refractivity contribution is -0.124. The topological polar surface area (TPSA) is 59.1 Å². The lowest BCUT2D eigenvalue weighted by Crippen LogP contribution is -2.28. The minimum absolute atomic E-state index is 0.140. The quantitative estimate of drug-likeness (QED) is 0.0748. The van der Waals surface area contributed by atoms with Gasteiger partial charge in [-0.05, 0) is 100 Å². The molecule has 0 amide bonds. The number of benzene rings is 2. The molecule has 0 aliphatic rings. The first-order chi connectivity index (χ1) is 23.5. The Balaban J connectivity index is 1.82. The summed E-state index contributed by atoms with van der Waals surface area (Å²) in [6.45, 7) is 16.5. The van der Waals surface area contributed by atoms with Crippen LogP contribution in [0.15, 0.2) is 48.5 Å². The predicted octanol–water partition coefficient (Wildman–Crippen LogP) is 9.67. The fourth-order valence-electron chi connectivity index (χ4n) is 6.12. The van der Waals surface area contributed by atoms with E-state index in [0.29, 0.717) is 26.1 Å². The van der Waals surface area contributed by atoms with Gasteiger partial charge in [0.1, 0.15) is 13.2 Å². The van der Waals surface area contributed by atoms with Gasteiger partial charge < -0.3 is 19.3 Å². The number of nitrogens with zero attached hydrogens (tertiary/aromatic N) is 2. The Morgan fingerprint density at radius 1 is 0.479 bits per heavy atom. The van der Waals surface area contributed by atoms with Gasteiger partial charge in [-0.25, -0.2) is 0 Å². The molecule has 2 aromatic carbocycles. The number of rotatable bonds is 31. The molecule has 0 heterocycles. The van der Waals surface area contributed by atoms with Crippen LogP contribution in [0.1, 0.15) is 129 Å². The molecule has 0 aliphatic heterocycles. The summed E-state index contributed by atoms with van der Waals surface area (Å²) in [5, 5.41) is 0. The third-order valence-electron chi connectivity index (χ3n) is 9.04. The molecule has 2 rings (SSSR count). The Hall–Kier alpha value is -2.38. The van der Waals surface area contributed by atoms with Crippen LogP contribution in [0.4, 0.5) is 0 Å². The van der Waals surface area contributed by atoms with E-state index in [1.165, 1.54) is 64.2 Å². The van der Waals surface area contributed by atoms with E-state index in [-0.39, 0.29) is 24.8 Å². The fourth-order valence-corrected chi connectivity index (χ4v) is 6.12. The van der Waals surface area contributed by atoms with E-state index in [4.69, 9.17) is 9.47 Å². The molecular formula is C42H68N2O4. The third-order valence-corrected chi connectivity index (χ3v) is 9.04. The Bertz CT molecular complexity index is 1030. The van der Waals surface area contributed by atoms with Gasteiger partial charge in [-0.3, -0.25) is 9.59 Å². The van der Waals surface area contributed by atoms with Crippen molar-refractivity contribution in [3.8, 4) is 11.1 Å². The summed E-state index contributed by atoms with van der Waals surface area (Å²) in [5.41, 5.74) is 4.23. The lowest BCUT2D eigenvalue weighted by Gasteiger charge is -2.22. The van der Waals surface area contributed by atoms with Gasteiger partial charge in [-0.1, -0.05) is 115 Å². The van der Waals surface area contributed by atoms with Crippen molar-refractivity contribution >= 4 is 11.6 Å². The number of unbranched alkanes of at least 4 members (excludes halogenated alkanes) is 6. The molecule has 6 nitrogen and oxygen atoms in total. The molecule has 0 unspecified atom stereocenters. The van der Waals surface area contributed by atoms with Crippen molar-refractivity contribution in [2.75, 3.05) is 52.5 Å². The summed E-state index contributed by atoms with van der Waals surface area (Å²) in [4.78, 5) is 30.4. The van der Waals surface area contributed by atoms with Crippen molar-refractivity contribution in [3.05, 3.63) is 59.7 Å². The summed E-state index contributed by atoms with van der Waals surface area (Å²) in [7, 11) is 0. The molecule has 6 heteroatoms. The first kappa shape index (κ1) is 41.8. The van der Waals surface area contributed by atoms with E-state index in [9.17, 15) is 9.59 Å². The van der Waals surface area contributed by atoms with Gasteiger partial charge in [0.05, 0.1) is 13.2 Å². The zero-order valence-electron chi connectivity index (χ0n) is 31.1. The molecule has 0 radical (unpaired) electrons. The van der Waals surface area contributed by atoms with Crippen LogP contribution >= 0.6 is 0 Å². The minimum atomic E-state index is 0.140. The maximum absolute atomic E-state index is 12.7. The molecule has 0 aromatic heterocycles. The molecule has 2 aromatic rings. The van der Waals surface area contributed by atoms with E-state index >= 15 is 0 Å². The van der Waals surface area contributed by atoms with Crippen molar-refractivity contribution in [3.63, 3.8) is 0 Å². The van der Waals surface area contributed by atoms with Crippen molar-refractivity contribution in [1.29, 1.82) is 0 Å². The molecule has 0 bridgehead atoms. The lowest BCUT2D eigenvalue weighted by atomic mass is 9.96. The van der Waals surface area contributed by atoms with Gasteiger partial charge in [0, 0.05) is 12.8 Å². The zero-order chi connectivity index (χ0) is 34.7. The number of ketones is 2. The largest absolute Gasteiger partial charge is 0.369 e. The summed E-state index contributed by atoms with van der Waals surface area (Å²) in [6.07, 6.45) is 15.2. The normalized spacial score (nSPS) is 11.5. The monoisotopic (exact) mass is 665 g/mol. The molecule has 0 spiro atoms. The van der Waals surface area contributed by atoms with Gasteiger partial charge in [0.25, 0.3) is 0 Å². The van der Waals surface area contributed by atoms with Crippen LogP contribution < -0.4 is 0 Å².